The maximum atomic E-state index is 12.3. The molecule has 19 heavy (non-hydrogen) atoms. The Morgan fingerprint density at radius 2 is 1.95 bits per heavy atom. The minimum atomic E-state index is 0.204. The summed E-state index contributed by atoms with van der Waals surface area (Å²) in [6, 6.07) is 8.76. The number of carbonyl (C=O) groups is 1. The summed E-state index contributed by atoms with van der Waals surface area (Å²) in [5.41, 5.74) is 2.74. The molecule has 102 valence electrons. The van der Waals surface area contributed by atoms with E-state index in [4.69, 9.17) is 0 Å². The van der Waals surface area contributed by atoms with Crippen molar-refractivity contribution in [3.63, 3.8) is 0 Å². The highest BCUT2D eigenvalue weighted by Crippen LogP contribution is 2.30. The fourth-order valence-corrected chi connectivity index (χ4v) is 3.28. The van der Waals surface area contributed by atoms with E-state index in [1.54, 1.807) is 0 Å². The Balaban J connectivity index is 1.68. The van der Waals surface area contributed by atoms with Gasteiger partial charge in [0.2, 0.25) is 5.91 Å². The molecule has 1 saturated heterocycles. The number of carbonyl (C=O) groups excluding carboxylic acids is 1. The van der Waals surface area contributed by atoms with Gasteiger partial charge in [0.25, 0.3) is 0 Å². The van der Waals surface area contributed by atoms with Gasteiger partial charge in [0.1, 0.15) is 0 Å². The van der Waals surface area contributed by atoms with Gasteiger partial charge in [-0.1, -0.05) is 24.3 Å². The number of hydrogen-bond donors (Lipinski definition) is 2. The lowest BCUT2D eigenvalue weighted by Crippen LogP contribution is -2.40. The Morgan fingerprint density at radius 1 is 1.16 bits per heavy atom. The number of hydrogen-bond acceptors (Lipinski definition) is 2. The van der Waals surface area contributed by atoms with E-state index >= 15 is 0 Å². The maximum Gasteiger partial charge on any atom is 0.223 e. The molecule has 0 radical (unpaired) electrons. The van der Waals surface area contributed by atoms with E-state index in [-0.39, 0.29) is 17.9 Å². The fourth-order valence-electron chi connectivity index (χ4n) is 3.28. The third kappa shape index (κ3) is 2.81. The molecule has 1 amide bonds. The normalized spacial score (nSPS) is 23.7. The lowest BCUT2D eigenvalue weighted by molar-refractivity contribution is -0.126. The van der Waals surface area contributed by atoms with Gasteiger partial charge >= 0.3 is 0 Å². The molecule has 3 nitrogen and oxygen atoms in total. The van der Waals surface area contributed by atoms with Crippen LogP contribution in [0.1, 0.15) is 42.9 Å². The second-order valence-electron chi connectivity index (χ2n) is 5.68. The van der Waals surface area contributed by atoms with Gasteiger partial charge < -0.3 is 10.6 Å². The van der Waals surface area contributed by atoms with Crippen molar-refractivity contribution in [1.82, 2.24) is 10.6 Å². The minimum absolute atomic E-state index is 0.204. The van der Waals surface area contributed by atoms with Crippen molar-refractivity contribution in [1.29, 1.82) is 0 Å². The maximum absolute atomic E-state index is 12.3. The average Bonchev–Trinajstić information content (AvgIpc) is 2.48. The van der Waals surface area contributed by atoms with Crippen LogP contribution in [0.2, 0.25) is 0 Å². The molecule has 0 saturated carbocycles. The number of benzene rings is 1. The number of piperidine rings is 1. The summed E-state index contributed by atoms with van der Waals surface area (Å²) >= 11 is 0. The first-order valence-corrected chi connectivity index (χ1v) is 7.43. The number of nitrogens with one attached hydrogen (secondary N) is 2. The minimum Gasteiger partial charge on any atom is -0.349 e. The summed E-state index contributed by atoms with van der Waals surface area (Å²) in [7, 11) is 0. The van der Waals surface area contributed by atoms with E-state index in [1.165, 1.54) is 17.5 Å². The van der Waals surface area contributed by atoms with Crippen molar-refractivity contribution in [3.8, 4) is 0 Å². The Hall–Kier alpha value is -1.35. The van der Waals surface area contributed by atoms with Crippen LogP contribution in [-0.2, 0) is 11.2 Å². The van der Waals surface area contributed by atoms with Crippen LogP contribution >= 0.6 is 0 Å². The molecule has 1 unspecified atom stereocenters. The topological polar surface area (TPSA) is 41.1 Å². The Kier molecular flexibility index (Phi) is 3.83. The zero-order valence-corrected chi connectivity index (χ0v) is 11.3. The van der Waals surface area contributed by atoms with Crippen LogP contribution in [0.25, 0.3) is 0 Å². The van der Waals surface area contributed by atoms with Crippen LogP contribution in [0.3, 0.4) is 0 Å². The Morgan fingerprint density at radius 3 is 2.79 bits per heavy atom. The number of fused-ring (bicyclic) bond motifs is 1. The van der Waals surface area contributed by atoms with Gasteiger partial charge in [0.05, 0.1) is 6.04 Å². The van der Waals surface area contributed by atoms with Crippen molar-refractivity contribution in [2.75, 3.05) is 13.1 Å². The standard InChI is InChI=1S/C16H22N2O/c19-16(13-8-10-17-11-9-13)18-15-7-3-5-12-4-1-2-6-14(12)15/h1-2,4,6,13,15,17H,3,5,7-11H2,(H,18,19). The summed E-state index contributed by atoms with van der Waals surface area (Å²) in [6.45, 7) is 1.94. The van der Waals surface area contributed by atoms with Crippen LogP contribution in [0, 0.1) is 5.92 Å². The molecule has 1 aromatic carbocycles. The van der Waals surface area contributed by atoms with Crippen molar-refractivity contribution in [2.24, 2.45) is 5.92 Å². The van der Waals surface area contributed by atoms with Crippen molar-refractivity contribution in [2.45, 2.75) is 38.1 Å². The second-order valence-corrected chi connectivity index (χ2v) is 5.68. The highest BCUT2D eigenvalue weighted by atomic mass is 16.1. The zero-order valence-electron chi connectivity index (χ0n) is 11.3. The zero-order chi connectivity index (χ0) is 13.1. The third-order valence-electron chi connectivity index (χ3n) is 4.40. The number of amides is 1. The average molecular weight is 258 g/mol. The van der Waals surface area contributed by atoms with E-state index in [1.807, 2.05) is 0 Å². The largest absolute Gasteiger partial charge is 0.349 e. The molecule has 2 aliphatic rings. The highest BCUT2D eigenvalue weighted by Gasteiger charge is 2.26. The van der Waals surface area contributed by atoms with E-state index in [0.717, 1.165) is 38.8 Å². The van der Waals surface area contributed by atoms with E-state index in [2.05, 4.69) is 34.9 Å². The molecule has 0 aromatic heterocycles. The van der Waals surface area contributed by atoms with Gasteiger partial charge in [0, 0.05) is 5.92 Å². The SMILES string of the molecule is O=C(NC1CCCc2ccccc21)C1CCNCC1. The van der Waals surface area contributed by atoms with Gasteiger partial charge in [-0.05, 0) is 56.3 Å². The molecule has 1 heterocycles. The molecule has 0 bridgehead atoms. The molecule has 1 atom stereocenters. The fraction of sp³-hybridized carbons (Fsp3) is 0.562. The van der Waals surface area contributed by atoms with Crippen molar-refractivity contribution >= 4 is 5.91 Å². The summed E-state index contributed by atoms with van der Waals surface area (Å²) < 4.78 is 0. The van der Waals surface area contributed by atoms with Gasteiger partial charge in [0.15, 0.2) is 0 Å². The molecular formula is C16H22N2O. The van der Waals surface area contributed by atoms with Crippen LogP contribution in [0.5, 0.6) is 0 Å². The molecule has 1 fully saturated rings. The molecule has 2 N–H and O–H groups in total. The van der Waals surface area contributed by atoms with E-state index in [0.29, 0.717) is 0 Å². The monoisotopic (exact) mass is 258 g/mol. The van der Waals surface area contributed by atoms with E-state index in [9.17, 15) is 4.79 Å². The third-order valence-corrected chi connectivity index (χ3v) is 4.40. The molecule has 1 aliphatic carbocycles. The molecule has 3 heteroatoms. The quantitative estimate of drug-likeness (QED) is 0.853. The molecule has 1 aliphatic heterocycles. The predicted octanol–water partition coefficient (Wildman–Crippen LogP) is 2.18. The summed E-state index contributed by atoms with van der Waals surface area (Å²) in [5.74, 6) is 0.457. The molecular weight excluding hydrogens is 236 g/mol. The number of rotatable bonds is 2. The van der Waals surface area contributed by atoms with Crippen LogP contribution < -0.4 is 10.6 Å². The van der Waals surface area contributed by atoms with Crippen molar-refractivity contribution < 1.29 is 4.79 Å². The van der Waals surface area contributed by atoms with Crippen LogP contribution in [-0.4, -0.2) is 19.0 Å². The van der Waals surface area contributed by atoms with Crippen molar-refractivity contribution in [3.05, 3.63) is 35.4 Å². The van der Waals surface area contributed by atoms with Gasteiger partial charge in [-0.3, -0.25) is 4.79 Å². The Labute approximate surface area is 114 Å². The van der Waals surface area contributed by atoms with Gasteiger partial charge in [-0.25, -0.2) is 0 Å². The smallest absolute Gasteiger partial charge is 0.223 e. The van der Waals surface area contributed by atoms with Crippen LogP contribution in [0.4, 0.5) is 0 Å². The molecule has 0 spiro atoms. The molecule has 1 aromatic rings. The lowest BCUT2D eigenvalue weighted by Gasteiger charge is -2.29. The summed E-state index contributed by atoms with van der Waals surface area (Å²) in [4.78, 5) is 12.3. The summed E-state index contributed by atoms with van der Waals surface area (Å²) in [6.07, 6.45) is 5.35. The first kappa shape index (κ1) is 12.7. The highest BCUT2D eigenvalue weighted by molar-refractivity contribution is 5.79. The molecule has 3 rings (SSSR count). The lowest BCUT2D eigenvalue weighted by atomic mass is 9.87. The second kappa shape index (κ2) is 5.74. The first-order chi connectivity index (χ1) is 9.34. The number of aryl methyl sites for hydroxylation is 1. The van der Waals surface area contributed by atoms with Crippen LogP contribution in [0.15, 0.2) is 24.3 Å². The Bertz CT molecular complexity index is 452. The van der Waals surface area contributed by atoms with E-state index < -0.39 is 0 Å². The predicted molar refractivity (Wildman–Crippen MR) is 75.9 cm³/mol. The van der Waals surface area contributed by atoms with Gasteiger partial charge in [-0.2, -0.15) is 0 Å². The van der Waals surface area contributed by atoms with Gasteiger partial charge in [-0.15, -0.1) is 0 Å². The first-order valence-electron chi connectivity index (χ1n) is 7.43. The summed E-state index contributed by atoms with van der Waals surface area (Å²) in [5, 5.41) is 6.59.